The van der Waals surface area contributed by atoms with E-state index in [1.54, 1.807) is 5.32 Å². The second-order valence-electron chi connectivity index (χ2n) is 5.68. The Kier molecular flexibility index (Phi) is 6.68. The first-order valence-electron chi connectivity index (χ1n) is 8.05. The van der Waals surface area contributed by atoms with E-state index in [0.717, 1.165) is 12.1 Å². The summed E-state index contributed by atoms with van der Waals surface area (Å²) in [5.41, 5.74) is -5.04. The molecule has 2 rings (SSSR count). The molecule has 5 nitrogen and oxygen atoms in total. The third-order valence-electron chi connectivity index (χ3n) is 3.65. The van der Waals surface area contributed by atoms with Crippen molar-refractivity contribution in [3.05, 3.63) is 64.7 Å². The quantitative estimate of drug-likeness (QED) is 0.403. The number of carbonyl (C=O) groups excluding carboxylic acids is 2. The van der Waals surface area contributed by atoms with Crippen LogP contribution in [0.5, 0.6) is 0 Å². The molecule has 1 amide bonds. The van der Waals surface area contributed by atoms with Gasteiger partial charge in [-0.25, -0.2) is 13.6 Å². The number of benzene rings is 2. The normalized spacial score (nSPS) is 13.3. The van der Waals surface area contributed by atoms with Crippen LogP contribution in [0.3, 0.4) is 0 Å². The molecule has 0 aliphatic rings. The number of hydrogen-bond donors (Lipinski definition) is 2. The van der Waals surface area contributed by atoms with E-state index in [1.807, 2.05) is 0 Å². The average Bonchev–Trinajstić information content (AvgIpc) is 2.62. The van der Waals surface area contributed by atoms with Gasteiger partial charge in [-0.05, 0) is 37.3 Å². The molecule has 0 radical (unpaired) electrons. The van der Waals surface area contributed by atoms with E-state index in [-0.39, 0.29) is 10.6 Å². The van der Waals surface area contributed by atoms with Crippen LogP contribution in [0.2, 0.25) is 5.02 Å². The maximum absolute atomic E-state index is 14.0. The zero-order valence-electron chi connectivity index (χ0n) is 14.7. The molecule has 156 valence electrons. The number of esters is 1. The lowest BCUT2D eigenvalue weighted by Crippen LogP contribution is -2.69. The van der Waals surface area contributed by atoms with Crippen molar-refractivity contribution in [2.24, 2.45) is 0 Å². The second-order valence-corrected chi connectivity index (χ2v) is 6.12. The van der Waals surface area contributed by atoms with E-state index >= 15 is 0 Å². The summed E-state index contributed by atoms with van der Waals surface area (Å²) in [6, 6.07) is 6.56. The van der Waals surface area contributed by atoms with Crippen LogP contribution in [0.4, 0.5) is 27.6 Å². The third kappa shape index (κ3) is 4.94. The molecule has 0 heterocycles. The molecular formula is C18H14ClF5N2O3. The van der Waals surface area contributed by atoms with Gasteiger partial charge in [0.05, 0.1) is 12.3 Å². The lowest BCUT2D eigenvalue weighted by Gasteiger charge is -2.35. The lowest BCUT2D eigenvalue weighted by atomic mass is 10.1. The van der Waals surface area contributed by atoms with E-state index in [2.05, 4.69) is 4.74 Å². The summed E-state index contributed by atoms with van der Waals surface area (Å²) >= 11 is 5.73. The molecule has 2 aromatic carbocycles. The van der Waals surface area contributed by atoms with E-state index in [4.69, 9.17) is 11.6 Å². The number of amides is 1. The Morgan fingerprint density at radius 2 is 1.79 bits per heavy atom. The molecular weight excluding hydrogens is 423 g/mol. The first-order valence-corrected chi connectivity index (χ1v) is 8.43. The Morgan fingerprint density at radius 1 is 1.10 bits per heavy atom. The van der Waals surface area contributed by atoms with E-state index < -0.39 is 47.6 Å². The minimum absolute atomic E-state index is 0.0592. The first kappa shape index (κ1) is 22.4. The maximum atomic E-state index is 14.0. The predicted molar refractivity (Wildman–Crippen MR) is 94.3 cm³/mol. The van der Waals surface area contributed by atoms with Gasteiger partial charge in [0.25, 0.3) is 5.91 Å². The summed E-state index contributed by atoms with van der Waals surface area (Å²) in [5, 5.41) is 3.20. The first-order chi connectivity index (χ1) is 13.5. The molecule has 0 fully saturated rings. The number of carbonyl (C=O) groups is 2. The number of anilines is 1. The summed E-state index contributed by atoms with van der Waals surface area (Å²) in [4.78, 5) is 24.7. The molecule has 2 aromatic rings. The van der Waals surface area contributed by atoms with Gasteiger partial charge in [-0.3, -0.25) is 4.79 Å². The standard InChI is InChI=1S/C18H14ClF5N2O3/c1-2-29-16(28)17(18(22,23)24,25-14-7-6-12(20)9-13(14)21)26-15(27)10-4-3-5-11(19)8-10/h3-9,25H,2H2,1H3,(H,26,27)/t17-/m1/s1. The van der Waals surface area contributed by atoms with Crippen LogP contribution in [0.25, 0.3) is 0 Å². The highest BCUT2D eigenvalue weighted by atomic mass is 35.5. The molecule has 0 saturated heterocycles. The fourth-order valence-electron chi connectivity index (χ4n) is 2.30. The maximum Gasteiger partial charge on any atom is 0.441 e. The van der Waals surface area contributed by atoms with Crippen LogP contribution in [0.1, 0.15) is 17.3 Å². The van der Waals surface area contributed by atoms with Crippen LogP contribution < -0.4 is 10.6 Å². The molecule has 0 saturated carbocycles. The summed E-state index contributed by atoms with van der Waals surface area (Å²) in [6.07, 6.45) is -5.48. The van der Waals surface area contributed by atoms with Crippen molar-refractivity contribution in [1.29, 1.82) is 0 Å². The van der Waals surface area contributed by atoms with Crippen molar-refractivity contribution in [2.75, 3.05) is 11.9 Å². The monoisotopic (exact) mass is 436 g/mol. The van der Waals surface area contributed by atoms with Gasteiger partial charge >= 0.3 is 17.8 Å². The fourth-order valence-corrected chi connectivity index (χ4v) is 2.49. The SMILES string of the molecule is CCOC(=O)[C@](NC(=O)c1cccc(Cl)c1)(Nc1ccc(F)cc1F)C(F)(F)F. The summed E-state index contributed by atoms with van der Waals surface area (Å²) < 4.78 is 73.6. The van der Waals surface area contributed by atoms with Crippen molar-refractivity contribution in [3.8, 4) is 0 Å². The van der Waals surface area contributed by atoms with Crippen LogP contribution in [0, 0.1) is 11.6 Å². The van der Waals surface area contributed by atoms with Gasteiger partial charge in [-0.1, -0.05) is 17.7 Å². The van der Waals surface area contributed by atoms with Crippen LogP contribution in [-0.4, -0.2) is 30.3 Å². The van der Waals surface area contributed by atoms with Gasteiger partial charge in [-0.15, -0.1) is 0 Å². The van der Waals surface area contributed by atoms with E-state index in [0.29, 0.717) is 18.2 Å². The Balaban J connectivity index is 2.55. The number of halogens is 6. The zero-order valence-corrected chi connectivity index (χ0v) is 15.5. The number of nitrogens with one attached hydrogen (secondary N) is 2. The smallest absolute Gasteiger partial charge is 0.441 e. The van der Waals surface area contributed by atoms with Gasteiger partial charge in [0.1, 0.15) is 11.6 Å². The summed E-state index contributed by atoms with van der Waals surface area (Å²) in [6.45, 7) is 0.785. The van der Waals surface area contributed by atoms with Crippen molar-refractivity contribution in [1.82, 2.24) is 5.32 Å². The minimum atomic E-state index is -5.48. The van der Waals surface area contributed by atoms with E-state index in [9.17, 15) is 31.5 Å². The molecule has 0 spiro atoms. The number of hydrogen-bond acceptors (Lipinski definition) is 4. The predicted octanol–water partition coefficient (Wildman–Crippen LogP) is 4.28. The number of rotatable bonds is 6. The topological polar surface area (TPSA) is 67.4 Å². The molecule has 11 heteroatoms. The Labute approximate surface area is 166 Å². The van der Waals surface area contributed by atoms with Gasteiger partial charge in [-0.2, -0.15) is 13.2 Å². The molecule has 0 aliphatic heterocycles. The van der Waals surface area contributed by atoms with Crippen LogP contribution in [-0.2, 0) is 9.53 Å². The zero-order chi connectivity index (χ0) is 21.8. The summed E-state index contributed by atoms with van der Waals surface area (Å²) in [5.74, 6) is -5.75. The summed E-state index contributed by atoms with van der Waals surface area (Å²) in [7, 11) is 0. The van der Waals surface area contributed by atoms with Gasteiger partial charge < -0.3 is 15.4 Å². The number of alkyl halides is 3. The third-order valence-corrected chi connectivity index (χ3v) is 3.88. The Bertz CT molecular complexity index is 923. The molecule has 29 heavy (non-hydrogen) atoms. The largest absolute Gasteiger partial charge is 0.463 e. The highest BCUT2D eigenvalue weighted by Gasteiger charge is 2.64. The van der Waals surface area contributed by atoms with E-state index in [1.165, 1.54) is 24.4 Å². The Hall–Kier alpha value is -2.88. The molecule has 1 atom stereocenters. The van der Waals surface area contributed by atoms with Gasteiger partial charge in [0.15, 0.2) is 0 Å². The van der Waals surface area contributed by atoms with Crippen molar-refractivity contribution in [3.63, 3.8) is 0 Å². The van der Waals surface area contributed by atoms with Crippen molar-refractivity contribution >= 4 is 29.2 Å². The molecule has 0 aromatic heterocycles. The Morgan fingerprint density at radius 3 is 2.34 bits per heavy atom. The number of ether oxygens (including phenoxy) is 1. The molecule has 0 unspecified atom stereocenters. The molecule has 0 bridgehead atoms. The fraction of sp³-hybridized carbons (Fsp3) is 0.222. The van der Waals surface area contributed by atoms with Crippen LogP contribution in [0.15, 0.2) is 42.5 Å². The van der Waals surface area contributed by atoms with Gasteiger partial charge in [0.2, 0.25) is 0 Å². The second kappa shape index (κ2) is 8.64. The average molecular weight is 437 g/mol. The molecule has 0 aliphatic carbocycles. The molecule has 2 N–H and O–H groups in total. The van der Waals surface area contributed by atoms with Gasteiger partial charge in [0, 0.05) is 16.7 Å². The van der Waals surface area contributed by atoms with Crippen molar-refractivity contribution in [2.45, 2.75) is 18.8 Å². The highest BCUT2D eigenvalue weighted by molar-refractivity contribution is 6.31. The van der Waals surface area contributed by atoms with Crippen molar-refractivity contribution < 1.29 is 36.3 Å². The highest BCUT2D eigenvalue weighted by Crippen LogP contribution is 2.34. The lowest BCUT2D eigenvalue weighted by molar-refractivity contribution is -0.204. The minimum Gasteiger partial charge on any atom is -0.463 e. The van der Waals surface area contributed by atoms with Crippen LogP contribution >= 0.6 is 11.6 Å².